The highest BCUT2D eigenvalue weighted by molar-refractivity contribution is 7.14. The number of nitrogens with zero attached hydrogens (tertiary/aromatic N) is 2. The minimum Gasteiger partial charge on any atom is -0.481 e. The van der Waals surface area contributed by atoms with Crippen molar-refractivity contribution in [1.29, 1.82) is 0 Å². The molecule has 1 atom stereocenters. The molecule has 15 heavy (non-hydrogen) atoms. The molecule has 0 aromatic carbocycles. The van der Waals surface area contributed by atoms with Crippen molar-refractivity contribution in [2.75, 3.05) is 11.4 Å². The topological polar surface area (TPSA) is 53.4 Å². The first kappa shape index (κ1) is 12.3. The lowest BCUT2D eigenvalue weighted by molar-refractivity contribution is -0.137. The first-order chi connectivity index (χ1) is 7.04. The summed E-state index contributed by atoms with van der Waals surface area (Å²) in [5.74, 6) is -0.802. The van der Waals surface area contributed by atoms with Crippen LogP contribution in [0.15, 0.2) is 5.38 Å². The van der Waals surface area contributed by atoms with Gasteiger partial charge in [0, 0.05) is 18.0 Å². The summed E-state index contributed by atoms with van der Waals surface area (Å²) in [5.41, 5.74) is 0. The number of hydrogen-bond donors (Lipinski definition) is 1. The molecule has 0 saturated carbocycles. The van der Waals surface area contributed by atoms with Gasteiger partial charge in [0.25, 0.3) is 0 Å². The summed E-state index contributed by atoms with van der Waals surface area (Å²) in [5, 5.41) is 11.7. The van der Waals surface area contributed by atoms with Crippen LogP contribution < -0.4 is 4.90 Å². The number of halogens is 1. The molecular weight excluding hydrogens is 236 g/mol. The largest absolute Gasteiger partial charge is 0.481 e. The van der Waals surface area contributed by atoms with Gasteiger partial charge >= 0.3 is 5.97 Å². The molecule has 6 heteroatoms. The van der Waals surface area contributed by atoms with E-state index in [1.165, 1.54) is 11.3 Å². The molecule has 0 radical (unpaired) electrons. The van der Waals surface area contributed by atoms with E-state index < -0.39 is 5.97 Å². The van der Waals surface area contributed by atoms with Gasteiger partial charge in [-0.15, -0.1) is 11.3 Å². The Bertz CT molecular complexity index is 343. The number of carboxylic acids is 1. The smallest absolute Gasteiger partial charge is 0.305 e. The van der Waals surface area contributed by atoms with E-state index in [2.05, 4.69) is 4.98 Å². The van der Waals surface area contributed by atoms with E-state index in [1.54, 1.807) is 5.38 Å². The fourth-order valence-electron chi connectivity index (χ4n) is 1.38. The molecule has 0 aliphatic rings. The number of carboxylic acid groups (broad SMARTS) is 1. The maximum Gasteiger partial charge on any atom is 0.305 e. The summed E-state index contributed by atoms with van der Waals surface area (Å²) in [4.78, 5) is 16.7. The van der Waals surface area contributed by atoms with Gasteiger partial charge in [0.15, 0.2) is 5.13 Å². The first-order valence-corrected chi connectivity index (χ1v) is 5.89. The quantitative estimate of drug-likeness (QED) is 0.870. The Kier molecular flexibility index (Phi) is 4.35. The van der Waals surface area contributed by atoms with Gasteiger partial charge in [-0.25, -0.2) is 4.98 Å². The van der Waals surface area contributed by atoms with Crippen LogP contribution >= 0.6 is 22.9 Å². The van der Waals surface area contributed by atoms with Crippen molar-refractivity contribution >= 4 is 34.0 Å². The minimum atomic E-state index is -0.802. The maximum absolute atomic E-state index is 10.6. The number of hydrogen-bond acceptors (Lipinski definition) is 4. The molecule has 84 valence electrons. The fourth-order valence-corrected chi connectivity index (χ4v) is 2.49. The van der Waals surface area contributed by atoms with Gasteiger partial charge in [-0.2, -0.15) is 0 Å². The van der Waals surface area contributed by atoms with Crippen LogP contribution in [0.2, 0.25) is 5.15 Å². The van der Waals surface area contributed by atoms with Crippen LogP contribution in [0.1, 0.15) is 20.3 Å². The average molecular weight is 249 g/mol. The lowest BCUT2D eigenvalue weighted by Crippen LogP contribution is -2.34. The van der Waals surface area contributed by atoms with E-state index in [0.717, 1.165) is 11.7 Å². The molecule has 0 amide bonds. The molecular formula is C9H13ClN2O2S. The average Bonchev–Trinajstić information content (AvgIpc) is 2.51. The summed E-state index contributed by atoms with van der Waals surface area (Å²) in [6.45, 7) is 4.55. The third kappa shape index (κ3) is 3.35. The Morgan fingerprint density at radius 3 is 2.87 bits per heavy atom. The van der Waals surface area contributed by atoms with Crippen molar-refractivity contribution in [3.05, 3.63) is 10.5 Å². The van der Waals surface area contributed by atoms with Crippen LogP contribution in [0.3, 0.4) is 0 Å². The molecule has 1 unspecified atom stereocenters. The van der Waals surface area contributed by atoms with Crippen molar-refractivity contribution in [2.24, 2.45) is 0 Å². The minimum absolute atomic E-state index is 0.0743. The second kappa shape index (κ2) is 5.32. The third-order valence-electron chi connectivity index (χ3n) is 2.05. The molecule has 0 fully saturated rings. The number of rotatable bonds is 5. The van der Waals surface area contributed by atoms with Gasteiger partial charge in [-0.3, -0.25) is 4.79 Å². The molecule has 1 aromatic heterocycles. The summed E-state index contributed by atoms with van der Waals surface area (Å²) in [6.07, 6.45) is 0.102. The molecule has 0 aliphatic heterocycles. The van der Waals surface area contributed by atoms with E-state index in [4.69, 9.17) is 16.7 Å². The van der Waals surface area contributed by atoms with Gasteiger partial charge in [-0.1, -0.05) is 11.6 Å². The second-order valence-electron chi connectivity index (χ2n) is 3.19. The highest BCUT2D eigenvalue weighted by atomic mass is 35.5. The van der Waals surface area contributed by atoms with E-state index >= 15 is 0 Å². The lowest BCUT2D eigenvalue weighted by atomic mass is 10.2. The van der Waals surface area contributed by atoms with Crippen LogP contribution in [0, 0.1) is 0 Å². The Labute approximate surface area is 97.5 Å². The molecule has 1 heterocycles. The van der Waals surface area contributed by atoms with Crippen LogP contribution in [0.5, 0.6) is 0 Å². The van der Waals surface area contributed by atoms with Crippen molar-refractivity contribution in [2.45, 2.75) is 26.3 Å². The molecule has 0 saturated heterocycles. The van der Waals surface area contributed by atoms with Crippen molar-refractivity contribution in [1.82, 2.24) is 4.98 Å². The highest BCUT2D eigenvalue weighted by Crippen LogP contribution is 2.25. The zero-order valence-electron chi connectivity index (χ0n) is 8.61. The molecule has 1 rings (SSSR count). The normalized spacial score (nSPS) is 12.5. The maximum atomic E-state index is 10.6. The van der Waals surface area contributed by atoms with Gasteiger partial charge in [0.2, 0.25) is 0 Å². The van der Waals surface area contributed by atoms with Crippen molar-refractivity contribution < 1.29 is 9.90 Å². The Morgan fingerprint density at radius 2 is 2.47 bits per heavy atom. The number of anilines is 1. The summed E-state index contributed by atoms with van der Waals surface area (Å²) in [6, 6.07) is -0.0743. The fraction of sp³-hybridized carbons (Fsp3) is 0.556. The van der Waals surface area contributed by atoms with Gasteiger partial charge in [-0.05, 0) is 13.8 Å². The monoisotopic (exact) mass is 248 g/mol. The number of thiazole rings is 1. The van der Waals surface area contributed by atoms with E-state index in [-0.39, 0.29) is 12.5 Å². The number of aliphatic carboxylic acids is 1. The Balaban J connectivity index is 2.74. The van der Waals surface area contributed by atoms with Crippen LogP contribution in [0.4, 0.5) is 5.13 Å². The van der Waals surface area contributed by atoms with E-state index in [1.807, 2.05) is 18.7 Å². The van der Waals surface area contributed by atoms with Gasteiger partial charge in [0.05, 0.1) is 6.42 Å². The standard InChI is InChI=1S/C9H13ClN2O2S/c1-3-12(6(2)4-8(13)14)9-11-7(10)5-15-9/h5-6H,3-4H2,1-2H3,(H,13,14). The van der Waals surface area contributed by atoms with Gasteiger partial charge < -0.3 is 10.0 Å². The molecule has 4 nitrogen and oxygen atoms in total. The van der Waals surface area contributed by atoms with Gasteiger partial charge in [0.1, 0.15) is 5.15 Å². The van der Waals surface area contributed by atoms with Crippen LogP contribution in [0.25, 0.3) is 0 Å². The van der Waals surface area contributed by atoms with Crippen molar-refractivity contribution in [3.8, 4) is 0 Å². The van der Waals surface area contributed by atoms with Crippen molar-refractivity contribution in [3.63, 3.8) is 0 Å². The molecule has 0 aliphatic carbocycles. The Hall–Kier alpha value is -0.810. The number of carbonyl (C=O) groups is 1. The second-order valence-corrected chi connectivity index (χ2v) is 4.41. The number of aromatic nitrogens is 1. The van der Waals surface area contributed by atoms with E-state index in [9.17, 15) is 4.79 Å². The summed E-state index contributed by atoms with van der Waals surface area (Å²) in [7, 11) is 0. The molecule has 1 N–H and O–H groups in total. The summed E-state index contributed by atoms with van der Waals surface area (Å²) >= 11 is 7.16. The lowest BCUT2D eigenvalue weighted by Gasteiger charge is -2.26. The molecule has 0 bridgehead atoms. The first-order valence-electron chi connectivity index (χ1n) is 4.64. The van der Waals surface area contributed by atoms with Crippen LogP contribution in [-0.4, -0.2) is 28.6 Å². The third-order valence-corrected chi connectivity index (χ3v) is 3.25. The SMILES string of the molecule is CCN(c1nc(Cl)cs1)C(C)CC(=O)O. The van der Waals surface area contributed by atoms with E-state index in [0.29, 0.717) is 5.15 Å². The predicted molar refractivity (Wildman–Crippen MR) is 61.9 cm³/mol. The summed E-state index contributed by atoms with van der Waals surface area (Å²) < 4.78 is 0. The Morgan fingerprint density at radius 1 is 1.80 bits per heavy atom. The van der Waals surface area contributed by atoms with Crippen LogP contribution in [-0.2, 0) is 4.79 Å². The predicted octanol–water partition coefficient (Wildman–Crippen LogP) is 2.49. The zero-order valence-corrected chi connectivity index (χ0v) is 10.2. The molecule has 1 aromatic rings. The molecule has 0 spiro atoms. The zero-order chi connectivity index (χ0) is 11.4. The highest BCUT2D eigenvalue weighted by Gasteiger charge is 2.18.